The maximum atomic E-state index is 4.38. The van der Waals surface area contributed by atoms with E-state index in [4.69, 9.17) is 0 Å². The van der Waals surface area contributed by atoms with Gasteiger partial charge in [0.25, 0.3) is 0 Å². The van der Waals surface area contributed by atoms with E-state index < -0.39 is 0 Å². The Hall–Kier alpha value is -0.480. The van der Waals surface area contributed by atoms with Gasteiger partial charge in [0.05, 0.1) is 5.69 Å². The highest BCUT2D eigenvalue weighted by atomic mass is 32.2. The Kier molecular flexibility index (Phi) is 6.06. The number of aromatic nitrogens is 2. The molecule has 1 heterocycles. The Labute approximate surface area is 109 Å². The lowest BCUT2D eigenvalue weighted by Crippen LogP contribution is -2.35. The van der Waals surface area contributed by atoms with E-state index in [1.165, 1.54) is 23.6 Å². The molecule has 0 aliphatic heterocycles. The molecule has 0 bridgehead atoms. The summed E-state index contributed by atoms with van der Waals surface area (Å²) in [6, 6.07) is 2.10. The molecular weight excluding hydrogens is 230 g/mol. The molecular formula is C13H25N3S. The molecule has 3 nitrogen and oxygen atoms in total. The number of hydrogen-bond acceptors (Lipinski definition) is 3. The predicted octanol–water partition coefficient (Wildman–Crippen LogP) is 2.91. The standard InChI is InChI=1S/C13H25N3S/c1-5-17-10-6-9-16-12(7-8-15-16)11-14-13(2,3)4/h7-8,14H,5-6,9-11H2,1-4H3. The van der Waals surface area contributed by atoms with Gasteiger partial charge in [-0.2, -0.15) is 16.9 Å². The van der Waals surface area contributed by atoms with Gasteiger partial charge in [-0.3, -0.25) is 4.68 Å². The van der Waals surface area contributed by atoms with Crippen molar-refractivity contribution < 1.29 is 0 Å². The van der Waals surface area contributed by atoms with E-state index in [0.29, 0.717) is 0 Å². The van der Waals surface area contributed by atoms with E-state index in [1.807, 2.05) is 18.0 Å². The number of nitrogens with zero attached hydrogens (tertiary/aromatic N) is 2. The van der Waals surface area contributed by atoms with Crippen LogP contribution in [0.1, 0.15) is 39.8 Å². The van der Waals surface area contributed by atoms with Crippen LogP contribution >= 0.6 is 11.8 Å². The van der Waals surface area contributed by atoms with Crippen LogP contribution in [0, 0.1) is 0 Å². The van der Waals surface area contributed by atoms with E-state index in [2.05, 4.69) is 48.9 Å². The summed E-state index contributed by atoms with van der Waals surface area (Å²) in [6.07, 6.45) is 3.09. The Balaban J connectivity index is 2.37. The summed E-state index contributed by atoms with van der Waals surface area (Å²) in [5, 5.41) is 7.88. The highest BCUT2D eigenvalue weighted by molar-refractivity contribution is 7.99. The molecule has 0 aliphatic rings. The van der Waals surface area contributed by atoms with Crippen molar-refractivity contribution in [2.75, 3.05) is 11.5 Å². The number of rotatable bonds is 7. The summed E-state index contributed by atoms with van der Waals surface area (Å²) in [7, 11) is 0. The van der Waals surface area contributed by atoms with Crippen LogP contribution in [0.25, 0.3) is 0 Å². The first kappa shape index (κ1) is 14.6. The van der Waals surface area contributed by atoms with Crippen LogP contribution in [0.15, 0.2) is 12.3 Å². The molecule has 1 aromatic rings. The van der Waals surface area contributed by atoms with Gasteiger partial charge < -0.3 is 5.32 Å². The van der Waals surface area contributed by atoms with Crippen LogP contribution in [0.5, 0.6) is 0 Å². The molecule has 98 valence electrons. The molecule has 1 aromatic heterocycles. The van der Waals surface area contributed by atoms with E-state index >= 15 is 0 Å². The maximum absolute atomic E-state index is 4.38. The number of thioether (sulfide) groups is 1. The number of nitrogens with one attached hydrogen (secondary N) is 1. The summed E-state index contributed by atoms with van der Waals surface area (Å²) < 4.78 is 2.12. The fourth-order valence-electron chi connectivity index (χ4n) is 1.53. The third kappa shape index (κ3) is 6.13. The molecule has 0 saturated heterocycles. The normalized spacial score (nSPS) is 12.0. The van der Waals surface area contributed by atoms with Crippen molar-refractivity contribution in [3.05, 3.63) is 18.0 Å². The summed E-state index contributed by atoms with van der Waals surface area (Å²) in [6.45, 7) is 10.7. The largest absolute Gasteiger partial charge is 0.306 e. The SMILES string of the molecule is CCSCCCn1nccc1CNC(C)(C)C. The predicted molar refractivity (Wildman–Crippen MR) is 76.4 cm³/mol. The van der Waals surface area contributed by atoms with Gasteiger partial charge in [0.2, 0.25) is 0 Å². The second kappa shape index (κ2) is 7.07. The minimum Gasteiger partial charge on any atom is -0.306 e. The summed E-state index contributed by atoms with van der Waals surface area (Å²) in [5.41, 5.74) is 1.44. The molecule has 0 amide bonds. The fraction of sp³-hybridized carbons (Fsp3) is 0.769. The molecule has 0 saturated carbocycles. The highest BCUT2D eigenvalue weighted by Gasteiger charge is 2.10. The highest BCUT2D eigenvalue weighted by Crippen LogP contribution is 2.07. The van der Waals surface area contributed by atoms with Gasteiger partial charge in [-0.1, -0.05) is 6.92 Å². The zero-order valence-electron chi connectivity index (χ0n) is 11.5. The van der Waals surface area contributed by atoms with Gasteiger partial charge in [-0.15, -0.1) is 0 Å². The van der Waals surface area contributed by atoms with E-state index in [0.717, 1.165) is 13.1 Å². The lowest BCUT2D eigenvalue weighted by atomic mass is 10.1. The quantitative estimate of drug-likeness (QED) is 0.760. The van der Waals surface area contributed by atoms with Crippen molar-refractivity contribution in [3.63, 3.8) is 0 Å². The summed E-state index contributed by atoms with van der Waals surface area (Å²) >= 11 is 2.00. The third-order valence-corrected chi connectivity index (χ3v) is 3.45. The van der Waals surface area contributed by atoms with Gasteiger partial charge in [-0.25, -0.2) is 0 Å². The molecule has 0 unspecified atom stereocenters. The molecule has 1 rings (SSSR count). The lowest BCUT2D eigenvalue weighted by molar-refractivity contribution is 0.411. The van der Waals surface area contributed by atoms with Crippen LogP contribution in [-0.2, 0) is 13.1 Å². The number of hydrogen-bond donors (Lipinski definition) is 1. The van der Waals surface area contributed by atoms with Crippen LogP contribution in [0.2, 0.25) is 0 Å². The van der Waals surface area contributed by atoms with Gasteiger partial charge >= 0.3 is 0 Å². The first-order chi connectivity index (χ1) is 8.03. The Morgan fingerprint density at radius 2 is 2.18 bits per heavy atom. The zero-order chi connectivity index (χ0) is 12.7. The minimum absolute atomic E-state index is 0.160. The average Bonchev–Trinajstić information content (AvgIpc) is 2.68. The summed E-state index contributed by atoms with van der Waals surface area (Å²) in [4.78, 5) is 0. The van der Waals surface area contributed by atoms with Crippen molar-refractivity contribution in [2.24, 2.45) is 0 Å². The molecule has 0 atom stereocenters. The van der Waals surface area contributed by atoms with Crippen molar-refractivity contribution in [3.8, 4) is 0 Å². The van der Waals surface area contributed by atoms with Crippen molar-refractivity contribution >= 4 is 11.8 Å². The minimum atomic E-state index is 0.160. The molecule has 0 fully saturated rings. The topological polar surface area (TPSA) is 29.9 Å². The molecule has 1 N–H and O–H groups in total. The van der Waals surface area contributed by atoms with Crippen molar-refractivity contribution in [1.29, 1.82) is 0 Å². The molecule has 0 aliphatic carbocycles. The van der Waals surface area contributed by atoms with Crippen molar-refractivity contribution in [1.82, 2.24) is 15.1 Å². The first-order valence-electron chi connectivity index (χ1n) is 6.36. The van der Waals surface area contributed by atoms with Gasteiger partial charge in [0, 0.05) is 24.8 Å². The Morgan fingerprint density at radius 3 is 2.82 bits per heavy atom. The molecule has 0 spiro atoms. The molecule has 0 radical (unpaired) electrons. The Morgan fingerprint density at radius 1 is 1.41 bits per heavy atom. The van der Waals surface area contributed by atoms with E-state index in [1.54, 1.807) is 0 Å². The van der Waals surface area contributed by atoms with E-state index in [9.17, 15) is 0 Å². The molecule has 4 heteroatoms. The fourth-order valence-corrected chi connectivity index (χ4v) is 2.15. The van der Waals surface area contributed by atoms with Gasteiger partial charge in [-0.05, 0) is 44.8 Å². The van der Waals surface area contributed by atoms with Crippen LogP contribution < -0.4 is 5.32 Å². The maximum Gasteiger partial charge on any atom is 0.0522 e. The van der Waals surface area contributed by atoms with Gasteiger partial charge in [0.15, 0.2) is 0 Å². The van der Waals surface area contributed by atoms with Gasteiger partial charge in [0.1, 0.15) is 0 Å². The lowest BCUT2D eigenvalue weighted by Gasteiger charge is -2.20. The summed E-state index contributed by atoms with van der Waals surface area (Å²) in [5.74, 6) is 2.43. The van der Waals surface area contributed by atoms with Crippen molar-refractivity contribution in [2.45, 2.75) is 52.7 Å². The van der Waals surface area contributed by atoms with Crippen LogP contribution in [0.3, 0.4) is 0 Å². The second-order valence-corrected chi connectivity index (χ2v) is 6.59. The Bertz CT molecular complexity index is 315. The number of aryl methyl sites for hydroxylation is 1. The third-order valence-electron chi connectivity index (χ3n) is 2.47. The molecule has 0 aromatic carbocycles. The average molecular weight is 255 g/mol. The van der Waals surface area contributed by atoms with Crippen LogP contribution in [-0.4, -0.2) is 26.8 Å². The van der Waals surface area contributed by atoms with Crippen LogP contribution in [0.4, 0.5) is 0 Å². The second-order valence-electron chi connectivity index (χ2n) is 5.20. The molecule has 17 heavy (non-hydrogen) atoms. The van der Waals surface area contributed by atoms with E-state index in [-0.39, 0.29) is 5.54 Å². The smallest absolute Gasteiger partial charge is 0.0522 e. The first-order valence-corrected chi connectivity index (χ1v) is 7.52. The monoisotopic (exact) mass is 255 g/mol. The zero-order valence-corrected chi connectivity index (χ0v) is 12.3.